The molecular weight excluding hydrogens is 445 g/mol. The van der Waals surface area contributed by atoms with Crippen LogP contribution < -0.4 is 15.2 Å². The smallest absolute Gasteiger partial charge is 0.337 e. The maximum Gasteiger partial charge on any atom is 0.337 e. The third kappa shape index (κ3) is 4.47. The van der Waals surface area contributed by atoms with E-state index in [2.05, 4.69) is 20.2 Å². The Morgan fingerprint density at radius 3 is 2.06 bits per heavy atom. The fourth-order valence-corrected chi connectivity index (χ4v) is 3.52. The van der Waals surface area contributed by atoms with E-state index in [0.29, 0.717) is 34.0 Å². The van der Waals surface area contributed by atoms with Gasteiger partial charge < -0.3 is 20.3 Å². The molecule has 0 radical (unpaired) electrons. The molecule has 4 rings (SSSR count). The summed E-state index contributed by atoms with van der Waals surface area (Å²) in [6.07, 6.45) is 4.50. The van der Waals surface area contributed by atoms with E-state index in [0.717, 1.165) is 0 Å². The van der Waals surface area contributed by atoms with Gasteiger partial charge in [0.25, 0.3) is 0 Å². The fourth-order valence-electron chi connectivity index (χ4n) is 2.82. The van der Waals surface area contributed by atoms with Crippen molar-refractivity contribution < 1.29 is 19.4 Å². The highest BCUT2D eigenvalue weighted by molar-refractivity contribution is 6.41. The van der Waals surface area contributed by atoms with Crippen LogP contribution in [0.4, 0.5) is 5.82 Å². The molecule has 0 aliphatic rings. The molecule has 2 aromatic carbocycles. The number of nitrogens with zero attached hydrogens (tertiary/aromatic N) is 3. The van der Waals surface area contributed by atoms with Gasteiger partial charge >= 0.3 is 5.97 Å². The zero-order chi connectivity index (χ0) is 22.5. The van der Waals surface area contributed by atoms with E-state index in [9.17, 15) is 9.90 Å². The Morgan fingerprint density at radius 1 is 1.00 bits per heavy atom. The number of H-pyrrole nitrogens is 1. The van der Waals surface area contributed by atoms with Gasteiger partial charge in [0.05, 0.1) is 41.5 Å². The highest BCUT2D eigenvalue weighted by Crippen LogP contribution is 2.47. The fraction of sp³-hybridized carbons (Fsp3) is 0.100. The number of hydrogen-bond acceptors (Lipinski definition) is 7. The van der Waals surface area contributed by atoms with Crippen LogP contribution in [-0.4, -0.2) is 45.5 Å². The van der Waals surface area contributed by atoms with Crippen molar-refractivity contribution in [1.82, 2.24) is 20.2 Å². The summed E-state index contributed by atoms with van der Waals surface area (Å²) in [6, 6.07) is 6.30. The van der Waals surface area contributed by atoms with E-state index < -0.39 is 5.97 Å². The highest BCUT2D eigenvalue weighted by atomic mass is 35.5. The van der Waals surface area contributed by atoms with Gasteiger partial charge in [-0.2, -0.15) is 5.10 Å². The second-order valence-corrected chi connectivity index (χ2v) is 6.77. The number of hydrogen-bond donors (Lipinski definition) is 3. The SMILES string of the molecule is COc1cc(OC)c(Cl)c(-c2ccc(C(=O)O)c3nccnc23)c1Cl.Nc1ccn[nH]1. The van der Waals surface area contributed by atoms with Gasteiger partial charge in [0.2, 0.25) is 0 Å². The molecule has 0 fully saturated rings. The number of halogens is 2. The molecule has 0 spiro atoms. The van der Waals surface area contributed by atoms with Crippen LogP contribution in [-0.2, 0) is 0 Å². The first-order valence-electron chi connectivity index (χ1n) is 8.71. The quantitative estimate of drug-likeness (QED) is 0.408. The molecule has 4 aromatic rings. The Kier molecular flexibility index (Phi) is 6.78. The van der Waals surface area contributed by atoms with Gasteiger partial charge in [-0.15, -0.1) is 0 Å². The van der Waals surface area contributed by atoms with Crippen molar-refractivity contribution in [2.75, 3.05) is 20.0 Å². The summed E-state index contributed by atoms with van der Waals surface area (Å²) in [7, 11) is 2.95. The molecule has 0 bridgehead atoms. The summed E-state index contributed by atoms with van der Waals surface area (Å²) >= 11 is 12.9. The van der Waals surface area contributed by atoms with Crippen LogP contribution in [0.15, 0.2) is 42.9 Å². The maximum absolute atomic E-state index is 11.4. The Bertz CT molecular complexity index is 1200. The van der Waals surface area contributed by atoms with Crippen molar-refractivity contribution in [1.29, 1.82) is 0 Å². The first kappa shape index (κ1) is 22.1. The van der Waals surface area contributed by atoms with Crippen molar-refractivity contribution in [3.8, 4) is 22.6 Å². The summed E-state index contributed by atoms with van der Waals surface area (Å²) < 4.78 is 10.6. The molecule has 2 heterocycles. The average molecular weight is 462 g/mol. The molecule has 11 heteroatoms. The molecule has 0 saturated carbocycles. The first-order chi connectivity index (χ1) is 14.9. The Labute approximate surface area is 186 Å². The molecule has 4 N–H and O–H groups in total. The summed E-state index contributed by atoms with van der Waals surface area (Å²) in [5, 5.41) is 16.0. The lowest BCUT2D eigenvalue weighted by Crippen LogP contribution is -2.01. The van der Waals surface area contributed by atoms with Crippen molar-refractivity contribution >= 4 is 46.0 Å². The molecule has 0 atom stereocenters. The number of nitrogen functional groups attached to an aromatic ring is 1. The summed E-state index contributed by atoms with van der Waals surface area (Å²) in [5.74, 6) is 0.252. The van der Waals surface area contributed by atoms with Crippen LogP contribution in [0.5, 0.6) is 11.5 Å². The van der Waals surface area contributed by atoms with Crippen LogP contribution in [0.2, 0.25) is 10.0 Å². The molecule has 0 unspecified atom stereocenters. The number of nitrogens with two attached hydrogens (primary N) is 1. The number of carboxylic acids is 1. The number of benzene rings is 2. The lowest BCUT2D eigenvalue weighted by Gasteiger charge is -2.16. The van der Waals surface area contributed by atoms with E-state index in [1.165, 1.54) is 32.7 Å². The first-order valence-corrected chi connectivity index (χ1v) is 9.46. The molecule has 0 aliphatic heterocycles. The van der Waals surface area contributed by atoms with Gasteiger partial charge in [0.1, 0.15) is 22.8 Å². The largest absolute Gasteiger partial charge is 0.495 e. The predicted octanol–water partition coefficient (Wildman–Crippen LogP) is 4.31. The number of rotatable bonds is 4. The number of ether oxygens (including phenoxy) is 2. The zero-order valence-corrected chi connectivity index (χ0v) is 17.9. The topological polar surface area (TPSA) is 136 Å². The number of methoxy groups -OCH3 is 2. The van der Waals surface area contributed by atoms with Crippen molar-refractivity contribution in [3.63, 3.8) is 0 Å². The number of carbonyl (C=O) groups is 1. The maximum atomic E-state index is 11.4. The predicted molar refractivity (Wildman–Crippen MR) is 118 cm³/mol. The van der Waals surface area contributed by atoms with Gasteiger partial charge in [-0.3, -0.25) is 15.1 Å². The molecule has 0 aliphatic carbocycles. The molecule has 2 aromatic heterocycles. The second-order valence-electron chi connectivity index (χ2n) is 6.02. The Morgan fingerprint density at radius 2 is 1.61 bits per heavy atom. The number of anilines is 1. The number of carboxylic acid groups (broad SMARTS) is 1. The average Bonchev–Trinajstić information content (AvgIpc) is 3.25. The number of fused-ring (bicyclic) bond motifs is 1. The van der Waals surface area contributed by atoms with Crippen LogP contribution in [0.3, 0.4) is 0 Å². The summed E-state index contributed by atoms with van der Waals surface area (Å²) in [5.41, 5.74) is 6.76. The minimum atomic E-state index is -1.10. The molecule has 0 amide bonds. The third-order valence-corrected chi connectivity index (χ3v) is 4.97. The second kappa shape index (κ2) is 9.50. The molecule has 9 nitrogen and oxygen atoms in total. The third-order valence-electron chi connectivity index (χ3n) is 4.22. The van der Waals surface area contributed by atoms with Crippen molar-refractivity contribution in [3.05, 3.63) is 58.5 Å². The van der Waals surface area contributed by atoms with E-state index in [-0.39, 0.29) is 21.1 Å². The lowest BCUT2D eigenvalue weighted by atomic mass is 10.00. The van der Waals surface area contributed by atoms with Gasteiger partial charge in [-0.1, -0.05) is 29.3 Å². The number of aromatic nitrogens is 4. The zero-order valence-electron chi connectivity index (χ0n) is 16.4. The van der Waals surface area contributed by atoms with Gasteiger partial charge in [-0.25, -0.2) is 4.79 Å². The van der Waals surface area contributed by atoms with Crippen LogP contribution in [0, 0.1) is 0 Å². The van der Waals surface area contributed by atoms with Crippen molar-refractivity contribution in [2.24, 2.45) is 0 Å². The van der Waals surface area contributed by atoms with Crippen LogP contribution >= 0.6 is 23.2 Å². The van der Waals surface area contributed by atoms with E-state index in [1.807, 2.05) is 0 Å². The minimum Gasteiger partial charge on any atom is -0.495 e. The summed E-state index contributed by atoms with van der Waals surface area (Å²) in [6.45, 7) is 0. The molecule has 0 saturated heterocycles. The van der Waals surface area contributed by atoms with Crippen LogP contribution in [0.1, 0.15) is 10.4 Å². The minimum absolute atomic E-state index is 0.0361. The van der Waals surface area contributed by atoms with E-state index in [4.69, 9.17) is 38.4 Å². The monoisotopic (exact) mass is 461 g/mol. The lowest BCUT2D eigenvalue weighted by molar-refractivity contribution is 0.0699. The molecular formula is C20H17Cl2N5O4. The normalized spacial score (nSPS) is 10.3. The van der Waals surface area contributed by atoms with Gasteiger partial charge in [0.15, 0.2) is 0 Å². The van der Waals surface area contributed by atoms with E-state index in [1.54, 1.807) is 24.4 Å². The van der Waals surface area contributed by atoms with E-state index >= 15 is 0 Å². The molecule has 160 valence electrons. The van der Waals surface area contributed by atoms with Crippen molar-refractivity contribution in [2.45, 2.75) is 0 Å². The standard InChI is InChI=1S/C17H12Cl2N2O4.C3H5N3/c1-24-10-7-11(25-2)14(19)12(13(10)18)8-3-4-9(17(22)23)16-15(8)20-5-6-21-16;4-3-1-2-5-6-3/h3-7H,1-2H3,(H,22,23);1-2H,(H3,4,5,6). The Balaban J connectivity index is 0.000000391. The van der Waals surface area contributed by atoms with Crippen LogP contribution in [0.25, 0.3) is 22.2 Å². The number of aromatic carboxylic acids is 1. The molecule has 31 heavy (non-hydrogen) atoms. The van der Waals surface area contributed by atoms with Gasteiger partial charge in [-0.05, 0) is 12.1 Å². The number of nitrogens with one attached hydrogen (secondary N) is 1. The summed E-state index contributed by atoms with van der Waals surface area (Å²) in [4.78, 5) is 19.8. The van der Waals surface area contributed by atoms with Gasteiger partial charge in [0, 0.05) is 29.6 Å². The highest BCUT2D eigenvalue weighted by Gasteiger charge is 2.22. The number of aromatic amines is 1. The Hall–Kier alpha value is -3.56.